The number of nitrogens with zero attached hydrogens (tertiary/aromatic N) is 2. The van der Waals surface area contributed by atoms with Gasteiger partial charge in [0.05, 0.1) is 18.9 Å². The van der Waals surface area contributed by atoms with Gasteiger partial charge >= 0.3 is 0 Å². The van der Waals surface area contributed by atoms with E-state index in [-0.39, 0.29) is 0 Å². The van der Waals surface area contributed by atoms with Crippen LogP contribution in [0.1, 0.15) is 26.0 Å². The van der Waals surface area contributed by atoms with E-state index in [2.05, 4.69) is 28.8 Å². The van der Waals surface area contributed by atoms with Crippen LogP contribution >= 0.6 is 0 Å². The Morgan fingerprint density at radius 3 is 2.92 bits per heavy atom. The highest BCUT2D eigenvalue weighted by atomic mass is 16.5. The van der Waals surface area contributed by atoms with Gasteiger partial charge in [-0.2, -0.15) is 0 Å². The fourth-order valence-electron chi connectivity index (χ4n) is 2.88. The molecular weight excluding hydrogens is 330 g/mol. The molecule has 0 atom stereocenters. The molecule has 0 fully saturated rings. The molecule has 26 heavy (non-hydrogen) atoms. The normalized spacial score (nSPS) is 15.9. The van der Waals surface area contributed by atoms with Gasteiger partial charge in [-0.05, 0) is 44.0 Å². The quantitative estimate of drug-likeness (QED) is 0.374. The number of ether oxygens (including phenoxy) is 1. The molecule has 0 aliphatic carbocycles. The lowest BCUT2D eigenvalue weighted by molar-refractivity contribution is -0.125. The van der Waals surface area contributed by atoms with Gasteiger partial charge < -0.3 is 9.30 Å². The zero-order chi connectivity index (χ0) is 18.5. The van der Waals surface area contributed by atoms with Crippen molar-refractivity contribution in [1.29, 1.82) is 0 Å². The molecule has 1 amide bonds. The summed E-state index contributed by atoms with van der Waals surface area (Å²) < 4.78 is 7.47. The number of hydroxylamine groups is 1. The van der Waals surface area contributed by atoms with Gasteiger partial charge in [0, 0.05) is 23.7 Å². The Morgan fingerprint density at radius 2 is 2.19 bits per heavy atom. The molecule has 136 valence electrons. The second kappa shape index (κ2) is 8.12. The van der Waals surface area contributed by atoms with E-state index in [1.54, 1.807) is 18.5 Å². The van der Waals surface area contributed by atoms with Crippen molar-refractivity contribution in [3.05, 3.63) is 59.5 Å². The number of carbonyl (C=O) groups excluding carboxylic acids is 1. The lowest BCUT2D eigenvalue weighted by atomic mass is 10.1. The predicted octanol–water partition coefficient (Wildman–Crippen LogP) is 3.24. The summed E-state index contributed by atoms with van der Waals surface area (Å²) in [4.78, 5) is 16.2. The molecule has 1 aliphatic rings. The van der Waals surface area contributed by atoms with Crippen LogP contribution in [0, 0.1) is 0 Å². The maximum atomic E-state index is 11.3. The highest BCUT2D eigenvalue weighted by Crippen LogP contribution is 2.23. The summed E-state index contributed by atoms with van der Waals surface area (Å²) in [6, 6.07) is 6.21. The molecule has 6 nitrogen and oxygen atoms in total. The van der Waals surface area contributed by atoms with Crippen LogP contribution in [0.3, 0.4) is 0 Å². The Hall–Kier alpha value is -2.70. The summed E-state index contributed by atoms with van der Waals surface area (Å²) in [5, 5.41) is 9.74. The van der Waals surface area contributed by atoms with Gasteiger partial charge in [0.25, 0.3) is 5.91 Å². The van der Waals surface area contributed by atoms with Crippen molar-refractivity contribution in [2.24, 2.45) is 0 Å². The number of nitrogens with one attached hydrogen (secondary N) is 1. The summed E-state index contributed by atoms with van der Waals surface area (Å²) in [5.74, 6) is -0.503. The summed E-state index contributed by atoms with van der Waals surface area (Å²) >= 11 is 0. The number of pyridine rings is 1. The Labute approximate surface area is 152 Å². The second-order valence-corrected chi connectivity index (χ2v) is 6.41. The predicted molar refractivity (Wildman–Crippen MR) is 101 cm³/mol. The van der Waals surface area contributed by atoms with Crippen LogP contribution in [0.15, 0.2) is 53.8 Å². The van der Waals surface area contributed by atoms with Gasteiger partial charge in [-0.3, -0.25) is 10.0 Å². The molecule has 2 N–H and O–H groups in total. The number of aromatic nitrogens is 2. The molecule has 0 bridgehead atoms. The van der Waals surface area contributed by atoms with Crippen molar-refractivity contribution in [3.63, 3.8) is 0 Å². The van der Waals surface area contributed by atoms with E-state index >= 15 is 0 Å². The summed E-state index contributed by atoms with van der Waals surface area (Å²) in [5.41, 5.74) is 6.31. The SMILES string of the molecule is CC(=CC=C(C)C(=O)NO)Cn1ccc2ccc(C3=CCOCC3)nc21. The highest BCUT2D eigenvalue weighted by Gasteiger charge is 2.10. The van der Waals surface area contributed by atoms with Crippen LogP contribution in [0.4, 0.5) is 0 Å². The maximum Gasteiger partial charge on any atom is 0.270 e. The van der Waals surface area contributed by atoms with Crippen molar-refractivity contribution in [1.82, 2.24) is 15.0 Å². The first kappa shape index (κ1) is 18.1. The van der Waals surface area contributed by atoms with E-state index in [0.717, 1.165) is 35.3 Å². The van der Waals surface area contributed by atoms with E-state index in [0.29, 0.717) is 18.7 Å². The largest absolute Gasteiger partial charge is 0.377 e. The smallest absolute Gasteiger partial charge is 0.270 e. The van der Waals surface area contributed by atoms with Crippen molar-refractivity contribution < 1.29 is 14.7 Å². The number of amides is 1. The van der Waals surface area contributed by atoms with Gasteiger partial charge in [0.1, 0.15) is 5.65 Å². The number of rotatable bonds is 5. The standard InChI is InChI=1S/C20H23N3O3/c1-14(3-4-15(2)20(24)22-25)13-23-10-7-17-5-6-18(21-19(17)23)16-8-11-26-12-9-16/h3-8,10,25H,9,11-13H2,1-2H3,(H,22,24). The lowest BCUT2D eigenvalue weighted by Gasteiger charge is -2.13. The summed E-state index contributed by atoms with van der Waals surface area (Å²) in [6.07, 6.45) is 8.57. The molecule has 0 aromatic carbocycles. The number of hydrogen-bond acceptors (Lipinski definition) is 4. The third-order valence-electron chi connectivity index (χ3n) is 4.40. The van der Waals surface area contributed by atoms with Gasteiger partial charge in [-0.1, -0.05) is 23.8 Å². The molecule has 6 heteroatoms. The Kier molecular flexibility index (Phi) is 5.65. The minimum atomic E-state index is -0.503. The van der Waals surface area contributed by atoms with E-state index in [1.165, 1.54) is 5.57 Å². The van der Waals surface area contributed by atoms with E-state index in [9.17, 15) is 4.79 Å². The number of carbonyl (C=O) groups is 1. The Bertz CT molecular complexity index is 906. The Morgan fingerprint density at radius 1 is 1.35 bits per heavy atom. The zero-order valence-electron chi connectivity index (χ0n) is 15.0. The Balaban J connectivity index is 1.84. The average Bonchev–Trinajstić information content (AvgIpc) is 3.08. The summed E-state index contributed by atoms with van der Waals surface area (Å²) in [7, 11) is 0. The first-order valence-corrected chi connectivity index (χ1v) is 8.60. The fraction of sp³-hybridized carbons (Fsp3) is 0.300. The van der Waals surface area contributed by atoms with Gasteiger partial charge in [0.2, 0.25) is 0 Å². The third-order valence-corrected chi connectivity index (χ3v) is 4.40. The topological polar surface area (TPSA) is 76.4 Å². The van der Waals surface area contributed by atoms with E-state index in [4.69, 9.17) is 14.9 Å². The van der Waals surface area contributed by atoms with Crippen LogP contribution in [-0.2, 0) is 16.1 Å². The van der Waals surface area contributed by atoms with E-state index in [1.807, 2.05) is 19.2 Å². The molecule has 1 aliphatic heterocycles. The van der Waals surface area contributed by atoms with E-state index < -0.39 is 5.91 Å². The maximum absolute atomic E-state index is 11.3. The zero-order valence-corrected chi connectivity index (χ0v) is 15.0. The lowest BCUT2D eigenvalue weighted by Crippen LogP contribution is -2.19. The molecule has 3 heterocycles. The molecule has 0 unspecified atom stereocenters. The van der Waals surface area contributed by atoms with Crippen molar-refractivity contribution >= 4 is 22.5 Å². The minimum Gasteiger partial charge on any atom is -0.377 e. The van der Waals surface area contributed by atoms with Crippen LogP contribution in [-0.4, -0.2) is 33.9 Å². The first-order chi connectivity index (χ1) is 12.6. The number of hydrogen-bond donors (Lipinski definition) is 2. The second-order valence-electron chi connectivity index (χ2n) is 6.41. The molecule has 3 rings (SSSR count). The van der Waals surface area contributed by atoms with Gasteiger partial charge in [-0.25, -0.2) is 10.5 Å². The molecule has 0 spiro atoms. The van der Waals surface area contributed by atoms with Gasteiger partial charge in [0.15, 0.2) is 0 Å². The summed E-state index contributed by atoms with van der Waals surface area (Å²) in [6.45, 7) is 5.70. The minimum absolute atomic E-state index is 0.441. The number of fused-ring (bicyclic) bond motifs is 1. The molecule has 0 radical (unpaired) electrons. The monoisotopic (exact) mass is 353 g/mol. The molecular formula is C20H23N3O3. The third kappa shape index (κ3) is 4.09. The highest BCUT2D eigenvalue weighted by molar-refractivity contribution is 5.92. The molecule has 2 aromatic rings. The van der Waals surface area contributed by atoms with Crippen molar-refractivity contribution in [2.75, 3.05) is 13.2 Å². The number of allylic oxidation sites excluding steroid dienone is 3. The molecule has 2 aromatic heterocycles. The van der Waals surface area contributed by atoms with Crippen molar-refractivity contribution in [3.8, 4) is 0 Å². The molecule has 0 saturated heterocycles. The average molecular weight is 353 g/mol. The van der Waals surface area contributed by atoms with Crippen LogP contribution in [0.2, 0.25) is 0 Å². The first-order valence-electron chi connectivity index (χ1n) is 8.60. The van der Waals surface area contributed by atoms with Crippen LogP contribution < -0.4 is 5.48 Å². The van der Waals surface area contributed by atoms with Crippen LogP contribution in [0.5, 0.6) is 0 Å². The van der Waals surface area contributed by atoms with Gasteiger partial charge in [-0.15, -0.1) is 0 Å². The van der Waals surface area contributed by atoms with Crippen LogP contribution in [0.25, 0.3) is 16.6 Å². The molecule has 0 saturated carbocycles. The van der Waals surface area contributed by atoms with Crippen molar-refractivity contribution in [2.45, 2.75) is 26.8 Å². The fourth-order valence-corrected chi connectivity index (χ4v) is 2.88.